The van der Waals surface area contributed by atoms with Crippen molar-refractivity contribution in [2.24, 2.45) is 0 Å². The quantitative estimate of drug-likeness (QED) is 0.640. The molecule has 0 aliphatic rings. The lowest BCUT2D eigenvalue weighted by Crippen LogP contribution is -2.29. The van der Waals surface area contributed by atoms with E-state index in [4.69, 9.17) is 9.47 Å². The molecule has 0 spiro atoms. The molecule has 1 N–H and O–H groups in total. The van der Waals surface area contributed by atoms with Crippen LogP contribution in [0.3, 0.4) is 0 Å². The highest BCUT2D eigenvalue weighted by Crippen LogP contribution is 2.17. The second-order valence-corrected chi connectivity index (χ2v) is 5.87. The second kappa shape index (κ2) is 8.40. The minimum absolute atomic E-state index is 0.394. The molecule has 0 fully saturated rings. The van der Waals surface area contributed by atoms with Gasteiger partial charge < -0.3 is 14.8 Å². The van der Waals surface area contributed by atoms with Crippen molar-refractivity contribution in [3.63, 3.8) is 0 Å². The number of ether oxygens (including phenoxy) is 2. The summed E-state index contributed by atoms with van der Waals surface area (Å²) in [5, 5.41) is 2.69. The van der Waals surface area contributed by atoms with Crippen molar-refractivity contribution in [1.29, 1.82) is 0 Å². The van der Waals surface area contributed by atoms with E-state index in [9.17, 15) is 9.59 Å². The molecule has 0 unspecified atom stereocenters. The van der Waals surface area contributed by atoms with Gasteiger partial charge in [0, 0.05) is 10.6 Å². The van der Waals surface area contributed by atoms with Gasteiger partial charge in [-0.15, -0.1) is 11.8 Å². The number of carbonyl (C=O) groups excluding carboxylic acids is 2. The number of thioether (sulfide) groups is 1. The van der Waals surface area contributed by atoms with E-state index in [1.807, 2.05) is 18.4 Å². The summed E-state index contributed by atoms with van der Waals surface area (Å²) in [4.78, 5) is 25.2. The Hall–Kier alpha value is -2.47. The summed E-state index contributed by atoms with van der Waals surface area (Å²) < 4.78 is 10.3. The molecule has 1 amide bonds. The Balaban J connectivity index is 1.93. The third-order valence-electron chi connectivity index (χ3n) is 3.34. The molecule has 126 valence electrons. The smallest absolute Gasteiger partial charge is 0.338 e. The third kappa shape index (κ3) is 4.76. The number of hydrogen-bond acceptors (Lipinski definition) is 5. The lowest BCUT2D eigenvalue weighted by molar-refractivity contribution is -0.123. The number of carbonyl (C=O) groups is 2. The normalized spacial score (nSPS) is 11.5. The Morgan fingerprint density at radius 2 is 1.67 bits per heavy atom. The first-order valence-electron chi connectivity index (χ1n) is 7.33. The molecule has 6 heteroatoms. The molecule has 0 aromatic heterocycles. The van der Waals surface area contributed by atoms with Crippen LogP contribution in [0.15, 0.2) is 53.4 Å². The maximum absolute atomic E-state index is 12.1. The first-order chi connectivity index (χ1) is 11.5. The van der Waals surface area contributed by atoms with Gasteiger partial charge in [0.05, 0.1) is 12.7 Å². The van der Waals surface area contributed by atoms with Crippen LogP contribution in [-0.4, -0.2) is 31.3 Å². The molecule has 0 saturated heterocycles. The Kier molecular flexibility index (Phi) is 6.26. The Morgan fingerprint density at radius 3 is 2.21 bits per heavy atom. The molecule has 0 heterocycles. The molecule has 0 aliphatic heterocycles. The summed E-state index contributed by atoms with van der Waals surface area (Å²) in [6.07, 6.45) is 1.05. The summed E-state index contributed by atoms with van der Waals surface area (Å²) in [6, 6.07) is 13.9. The van der Waals surface area contributed by atoms with Gasteiger partial charge in [-0.05, 0) is 61.7 Å². The number of hydrogen-bond donors (Lipinski definition) is 1. The van der Waals surface area contributed by atoms with Crippen LogP contribution in [-0.2, 0) is 9.53 Å². The van der Waals surface area contributed by atoms with Crippen LogP contribution in [0.1, 0.15) is 17.3 Å². The maximum atomic E-state index is 12.1. The summed E-state index contributed by atoms with van der Waals surface area (Å²) in [6.45, 7) is 1.53. The lowest BCUT2D eigenvalue weighted by atomic mass is 10.2. The van der Waals surface area contributed by atoms with Crippen LogP contribution < -0.4 is 10.1 Å². The monoisotopic (exact) mass is 345 g/mol. The van der Waals surface area contributed by atoms with Gasteiger partial charge in [0.1, 0.15) is 5.75 Å². The molecule has 0 saturated carbocycles. The Labute approximate surface area is 145 Å². The Morgan fingerprint density at radius 1 is 1.04 bits per heavy atom. The van der Waals surface area contributed by atoms with E-state index in [-0.39, 0.29) is 0 Å². The van der Waals surface area contributed by atoms with Gasteiger partial charge in [0.15, 0.2) is 6.10 Å². The topological polar surface area (TPSA) is 64.6 Å². The highest BCUT2D eigenvalue weighted by molar-refractivity contribution is 7.98. The fourth-order valence-electron chi connectivity index (χ4n) is 1.93. The second-order valence-electron chi connectivity index (χ2n) is 4.99. The fraction of sp³-hybridized carbons (Fsp3) is 0.222. The van der Waals surface area contributed by atoms with Crippen LogP contribution in [0, 0.1) is 0 Å². The van der Waals surface area contributed by atoms with E-state index in [0.717, 1.165) is 4.90 Å². The molecule has 0 aliphatic carbocycles. The number of rotatable bonds is 6. The van der Waals surface area contributed by atoms with E-state index in [1.54, 1.807) is 55.3 Å². The highest BCUT2D eigenvalue weighted by atomic mass is 32.2. The van der Waals surface area contributed by atoms with E-state index < -0.39 is 18.0 Å². The van der Waals surface area contributed by atoms with E-state index in [1.165, 1.54) is 6.92 Å². The zero-order valence-electron chi connectivity index (χ0n) is 13.7. The lowest BCUT2D eigenvalue weighted by Gasteiger charge is -2.14. The molecule has 2 aromatic rings. The van der Waals surface area contributed by atoms with Crippen LogP contribution >= 0.6 is 11.8 Å². The molecule has 1 atom stereocenters. The SMILES string of the molecule is COc1ccc(NC(=O)[C@@H](C)OC(=O)c2ccc(SC)cc2)cc1. The summed E-state index contributed by atoms with van der Waals surface area (Å²) in [7, 11) is 1.57. The van der Waals surface area contributed by atoms with Gasteiger partial charge >= 0.3 is 5.97 Å². The van der Waals surface area contributed by atoms with Crippen molar-refractivity contribution < 1.29 is 19.1 Å². The first-order valence-corrected chi connectivity index (χ1v) is 8.56. The number of anilines is 1. The van der Waals surface area contributed by atoms with Crippen molar-refractivity contribution in [3.8, 4) is 5.75 Å². The van der Waals surface area contributed by atoms with Gasteiger partial charge in [-0.3, -0.25) is 4.79 Å². The average molecular weight is 345 g/mol. The number of methoxy groups -OCH3 is 1. The van der Waals surface area contributed by atoms with Crippen LogP contribution in [0.5, 0.6) is 5.75 Å². The van der Waals surface area contributed by atoms with Crippen molar-refractivity contribution in [2.75, 3.05) is 18.7 Å². The summed E-state index contributed by atoms with van der Waals surface area (Å²) in [5.41, 5.74) is 1.02. The van der Waals surface area contributed by atoms with Gasteiger partial charge in [0.2, 0.25) is 0 Å². The summed E-state index contributed by atoms with van der Waals surface area (Å²) in [5.74, 6) is -0.226. The molecule has 2 aromatic carbocycles. The minimum atomic E-state index is -0.903. The molecule has 0 radical (unpaired) electrons. The van der Waals surface area contributed by atoms with E-state index in [0.29, 0.717) is 17.0 Å². The third-order valence-corrected chi connectivity index (χ3v) is 4.08. The van der Waals surface area contributed by atoms with Crippen LogP contribution in [0.2, 0.25) is 0 Å². The maximum Gasteiger partial charge on any atom is 0.338 e. The largest absolute Gasteiger partial charge is 0.497 e. The molecule has 24 heavy (non-hydrogen) atoms. The Bertz CT molecular complexity index is 698. The zero-order chi connectivity index (χ0) is 17.5. The fourth-order valence-corrected chi connectivity index (χ4v) is 2.34. The molecular weight excluding hydrogens is 326 g/mol. The van der Waals surface area contributed by atoms with Gasteiger partial charge in [0.25, 0.3) is 5.91 Å². The van der Waals surface area contributed by atoms with Crippen molar-refractivity contribution in [3.05, 3.63) is 54.1 Å². The summed E-state index contributed by atoms with van der Waals surface area (Å²) >= 11 is 1.59. The van der Waals surface area contributed by atoms with Gasteiger partial charge in [-0.2, -0.15) is 0 Å². The number of amides is 1. The van der Waals surface area contributed by atoms with Gasteiger partial charge in [-0.1, -0.05) is 0 Å². The average Bonchev–Trinajstić information content (AvgIpc) is 2.62. The predicted molar refractivity (Wildman–Crippen MR) is 94.7 cm³/mol. The molecule has 0 bridgehead atoms. The van der Waals surface area contributed by atoms with Crippen molar-refractivity contribution in [2.45, 2.75) is 17.9 Å². The molecule has 5 nitrogen and oxygen atoms in total. The number of esters is 1. The van der Waals surface area contributed by atoms with Crippen molar-refractivity contribution in [1.82, 2.24) is 0 Å². The van der Waals surface area contributed by atoms with E-state index in [2.05, 4.69) is 5.32 Å². The zero-order valence-corrected chi connectivity index (χ0v) is 14.6. The highest BCUT2D eigenvalue weighted by Gasteiger charge is 2.19. The standard InChI is InChI=1S/C18H19NO4S/c1-12(17(20)19-14-6-8-15(22-2)9-7-14)23-18(21)13-4-10-16(24-3)11-5-13/h4-12H,1-3H3,(H,19,20)/t12-/m1/s1. The molecule has 2 rings (SSSR count). The predicted octanol–water partition coefficient (Wildman–Crippen LogP) is 3.60. The minimum Gasteiger partial charge on any atom is -0.497 e. The van der Waals surface area contributed by atoms with Gasteiger partial charge in [-0.25, -0.2) is 4.79 Å². The number of benzene rings is 2. The number of nitrogens with one attached hydrogen (secondary N) is 1. The first kappa shape index (κ1) is 17.9. The molecular formula is C18H19NO4S. The van der Waals surface area contributed by atoms with Crippen LogP contribution in [0.25, 0.3) is 0 Å². The van der Waals surface area contributed by atoms with Crippen LogP contribution in [0.4, 0.5) is 5.69 Å². The van der Waals surface area contributed by atoms with Crippen molar-refractivity contribution >= 4 is 29.3 Å². The van der Waals surface area contributed by atoms with E-state index >= 15 is 0 Å².